The van der Waals surface area contributed by atoms with Gasteiger partial charge < -0.3 is 9.47 Å². The molecule has 0 amide bonds. The van der Waals surface area contributed by atoms with Crippen molar-refractivity contribution in [2.45, 2.75) is 13.5 Å². The Balaban J connectivity index is 2.39. The van der Waals surface area contributed by atoms with Crippen LogP contribution < -0.4 is 0 Å². The molecule has 0 unspecified atom stereocenters. The average Bonchev–Trinajstić information content (AvgIpc) is 2.89. The molecule has 0 N–H and O–H groups in total. The van der Waals surface area contributed by atoms with Crippen molar-refractivity contribution in [3.05, 3.63) is 47.8 Å². The van der Waals surface area contributed by atoms with Crippen molar-refractivity contribution >= 4 is 11.9 Å². The Morgan fingerprint density at radius 2 is 1.95 bits per heavy atom. The Morgan fingerprint density at radius 3 is 2.55 bits per heavy atom. The number of aromatic nitrogens is 2. The van der Waals surface area contributed by atoms with Crippen molar-refractivity contribution in [1.82, 2.24) is 9.78 Å². The zero-order valence-corrected chi connectivity index (χ0v) is 11.2. The van der Waals surface area contributed by atoms with E-state index in [4.69, 9.17) is 4.74 Å². The van der Waals surface area contributed by atoms with Gasteiger partial charge in [-0.05, 0) is 18.2 Å². The van der Waals surface area contributed by atoms with Crippen LogP contribution in [-0.4, -0.2) is 28.8 Å². The molecule has 20 heavy (non-hydrogen) atoms. The molecule has 0 aliphatic carbocycles. The van der Waals surface area contributed by atoms with E-state index in [1.807, 2.05) is 30.3 Å². The summed E-state index contributed by atoms with van der Waals surface area (Å²) in [5.41, 5.74) is 1.52. The van der Waals surface area contributed by atoms with Crippen molar-refractivity contribution in [3.8, 4) is 5.69 Å². The number of nitrogens with zero attached hydrogens (tertiary/aromatic N) is 2. The molecule has 1 aromatic carbocycles. The van der Waals surface area contributed by atoms with Crippen molar-refractivity contribution in [3.63, 3.8) is 0 Å². The van der Waals surface area contributed by atoms with E-state index in [-0.39, 0.29) is 12.3 Å². The van der Waals surface area contributed by atoms with Gasteiger partial charge in [0.15, 0.2) is 5.69 Å². The first-order valence-electron chi connectivity index (χ1n) is 5.98. The van der Waals surface area contributed by atoms with Gasteiger partial charge in [0.25, 0.3) is 0 Å². The summed E-state index contributed by atoms with van der Waals surface area (Å²) in [6.07, 6.45) is 0. The van der Waals surface area contributed by atoms with E-state index in [1.54, 1.807) is 10.7 Å². The van der Waals surface area contributed by atoms with Gasteiger partial charge in [-0.1, -0.05) is 18.2 Å². The number of hydrogen-bond acceptors (Lipinski definition) is 5. The Labute approximate surface area is 115 Å². The molecule has 0 saturated heterocycles. The molecule has 0 aliphatic rings. The van der Waals surface area contributed by atoms with E-state index in [1.165, 1.54) is 14.0 Å². The molecule has 0 bridgehead atoms. The molecule has 1 aromatic heterocycles. The maximum absolute atomic E-state index is 11.5. The summed E-state index contributed by atoms with van der Waals surface area (Å²) in [6, 6.07) is 10.8. The number of hydrogen-bond donors (Lipinski definition) is 0. The lowest BCUT2D eigenvalue weighted by Gasteiger charge is -2.06. The largest absolute Gasteiger partial charge is 0.464 e. The zero-order chi connectivity index (χ0) is 14.5. The van der Waals surface area contributed by atoms with E-state index >= 15 is 0 Å². The monoisotopic (exact) mass is 274 g/mol. The highest BCUT2D eigenvalue weighted by Gasteiger charge is 2.16. The van der Waals surface area contributed by atoms with Gasteiger partial charge in [-0.25, -0.2) is 9.48 Å². The summed E-state index contributed by atoms with van der Waals surface area (Å²) in [4.78, 5) is 22.5. The zero-order valence-electron chi connectivity index (χ0n) is 11.2. The molecule has 1 heterocycles. The fourth-order valence-corrected chi connectivity index (χ4v) is 1.70. The SMILES string of the molecule is COC(=O)c1cc(COC(C)=O)n(-c2ccccc2)n1. The van der Waals surface area contributed by atoms with Gasteiger partial charge >= 0.3 is 11.9 Å². The van der Waals surface area contributed by atoms with Crippen LogP contribution >= 0.6 is 0 Å². The number of carbonyl (C=O) groups excluding carboxylic acids is 2. The third kappa shape index (κ3) is 3.03. The summed E-state index contributed by atoms with van der Waals surface area (Å²) >= 11 is 0. The highest BCUT2D eigenvalue weighted by Crippen LogP contribution is 2.14. The van der Waals surface area contributed by atoms with Gasteiger partial charge in [-0.3, -0.25) is 4.79 Å². The Hall–Kier alpha value is -2.63. The predicted molar refractivity (Wildman–Crippen MR) is 70.4 cm³/mol. The van der Waals surface area contributed by atoms with Gasteiger partial charge in [0.05, 0.1) is 18.5 Å². The quantitative estimate of drug-likeness (QED) is 0.794. The number of para-hydroxylation sites is 1. The van der Waals surface area contributed by atoms with Crippen LogP contribution in [0.25, 0.3) is 5.69 Å². The minimum atomic E-state index is -0.538. The molecule has 6 heteroatoms. The molecule has 2 aromatic rings. The lowest BCUT2D eigenvalue weighted by molar-refractivity contribution is -0.142. The highest BCUT2D eigenvalue weighted by molar-refractivity contribution is 5.87. The van der Waals surface area contributed by atoms with Crippen LogP contribution in [0.1, 0.15) is 23.1 Å². The smallest absolute Gasteiger partial charge is 0.358 e. The van der Waals surface area contributed by atoms with Gasteiger partial charge in [0.1, 0.15) is 6.61 Å². The molecule has 0 fully saturated rings. The molecule has 0 radical (unpaired) electrons. The summed E-state index contributed by atoms with van der Waals surface area (Å²) < 4.78 is 11.2. The molecule has 0 aliphatic heterocycles. The lowest BCUT2D eigenvalue weighted by Crippen LogP contribution is -2.07. The molecular formula is C14H14N2O4. The Morgan fingerprint density at radius 1 is 1.25 bits per heavy atom. The van der Waals surface area contributed by atoms with Crippen LogP contribution in [0.2, 0.25) is 0 Å². The lowest BCUT2D eigenvalue weighted by atomic mass is 10.3. The number of methoxy groups -OCH3 is 1. The molecule has 0 saturated carbocycles. The van der Waals surface area contributed by atoms with E-state index in [0.717, 1.165) is 5.69 Å². The van der Waals surface area contributed by atoms with Gasteiger partial charge in [0, 0.05) is 6.92 Å². The second-order valence-electron chi connectivity index (χ2n) is 4.04. The molecule has 6 nitrogen and oxygen atoms in total. The standard InChI is InChI=1S/C14H14N2O4/c1-10(17)20-9-12-8-13(14(18)19-2)15-16(12)11-6-4-3-5-7-11/h3-8H,9H2,1-2H3. The topological polar surface area (TPSA) is 70.4 Å². The van der Waals surface area contributed by atoms with Gasteiger partial charge in [0.2, 0.25) is 0 Å². The summed E-state index contributed by atoms with van der Waals surface area (Å²) in [6.45, 7) is 1.36. The average molecular weight is 274 g/mol. The van der Waals surface area contributed by atoms with Crippen molar-refractivity contribution < 1.29 is 19.1 Å². The number of carbonyl (C=O) groups is 2. The first-order chi connectivity index (χ1) is 9.61. The van der Waals surface area contributed by atoms with Gasteiger partial charge in [-0.2, -0.15) is 5.10 Å². The second kappa shape index (κ2) is 6.01. The molecule has 0 spiro atoms. The third-order valence-corrected chi connectivity index (χ3v) is 2.60. The van der Waals surface area contributed by atoms with Gasteiger partial charge in [-0.15, -0.1) is 0 Å². The molecule has 2 rings (SSSR count). The normalized spacial score (nSPS) is 10.1. The fourth-order valence-electron chi connectivity index (χ4n) is 1.70. The maximum Gasteiger partial charge on any atom is 0.358 e. The van der Waals surface area contributed by atoms with E-state index in [9.17, 15) is 9.59 Å². The summed E-state index contributed by atoms with van der Waals surface area (Å²) in [7, 11) is 1.29. The van der Waals surface area contributed by atoms with E-state index in [2.05, 4.69) is 9.84 Å². The van der Waals surface area contributed by atoms with E-state index < -0.39 is 11.9 Å². The van der Waals surface area contributed by atoms with Crippen LogP contribution in [0.15, 0.2) is 36.4 Å². The maximum atomic E-state index is 11.5. The first kappa shape index (κ1) is 13.8. The fraction of sp³-hybridized carbons (Fsp3) is 0.214. The van der Waals surface area contributed by atoms with Crippen molar-refractivity contribution in [2.24, 2.45) is 0 Å². The molecule has 104 valence electrons. The minimum absolute atomic E-state index is 0.0359. The van der Waals surface area contributed by atoms with E-state index in [0.29, 0.717) is 5.69 Å². The number of benzene rings is 1. The third-order valence-electron chi connectivity index (χ3n) is 2.60. The van der Waals surface area contributed by atoms with Crippen LogP contribution in [0.3, 0.4) is 0 Å². The minimum Gasteiger partial charge on any atom is -0.464 e. The number of esters is 2. The Kier molecular flexibility index (Phi) is 4.14. The number of ether oxygens (including phenoxy) is 2. The van der Waals surface area contributed by atoms with Crippen molar-refractivity contribution in [2.75, 3.05) is 7.11 Å². The highest BCUT2D eigenvalue weighted by atomic mass is 16.5. The second-order valence-corrected chi connectivity index (χ2v) is 4.04. The van der Waals surface area contributed by atoms with Crippen molar-refractivity contribution in [1.29, 1.82) is 0 Å². The van der Waals surface area contributed by atoms with Crippen LogP contribution in [0.4, 0.5) is 0 Å². The summed E-state index contributed by atoms with van der Waals surface area (Å²) in [5, 5.41) is 4.18. The van der Waals surface area contributed by atoms with Crippen LogP contribution in [0.5, 0.6) is 0 Å². The molecular weight excluding hydrogens is 260 g/mol. The first-order valence-corrected chi connectivity index (χ1v) is 5.98. The van der Waals surface area contributed by atoms with Crippen LogP contribution in [0, 0.1) is 0 Å². The number of rotatable bonds is 4. The summed E-state index contributed by atoms with van der Waals surface area (Å²) in [5.74, 6) is -0.936. The van der Waals surface area contributed by atoms with Crippen LogP contribution in [-0.2, 0) is 20.9 Å². The Bertz CT molecular complexity index is 619. The molecule has 0 atom stereocenters. The predicted octanol–water partition coefficient (Wildman–Crippen LogP) is 1.72.